The molecule has 9 heteroatoms. The lowest BCUT2D eigenvalue weighted by Crippen LogP contribution is -2.43. The van der Waals surface area contributed by atoms with E-state index in [-0.39, 0.29) is 48.2 Å². The van der Waals surface area contributed by atoms with Gasteiger partial charge in [0, 0.05) is 37.3 Å². The number of hydrogen-bond donors (Lipinski definition) is 3. The minimum absolute atomic E-state index is 0.0213. The number of H-pyrrole nitrogens is 1. The first-order valence-corrected chi connectivity index (χ1v) is 12.6. The molecule has 0 saturated carbocycles. The van der Waals surface area contributed by atoms with Gasteiger partial charge in [-0.05, 0) is 61.9 Å². The van der Waals surface area contributed by atoms with E-state index in [1.807, 2.05) is 30.3 Å². The molecule has 1 fully saturated rings. The Morgan fingerprint density at radius 2 is 1.70 bits per heavy atom. The number of imidazole rings is 1. The van der Waals surface area contributed by atoms with Crippen LogP contribution in [0, 0.1) is 12.7 Å². The van der Waals surface area contributed by atoms with Crippen molar-refractivity contribution in [3.63, 3.8) is 0 Å². The van der Waals surface area contributed by atoms with Crippen LogP contribution in [0.3, 0.4) is 0 Å². The zero-order chi connectivity index (χ0) is 26.2. The Labute approximate surface area is 215 Å². The van der Waals surface area contributed by atoms with Crippen molar-refractivity contribution in [2.45, 2.75) is 38.5 Å². The maximum atomic E-state index is 13.4. The highest BCUT2D eigenvalue weighted by atomic mass is 19.1. The third-order valence-corrected chi connectivity index (χ3v) is 6.56. The van der Waals surface area contributed by atoms with Crippen LogP contribution in [-0.2, 0) is 9.59 Å². The molecule has 1 unspecified atom stereocenters. The summed E-state index contributed by atoms with van der Waals surface area (Å²) in [6.07, 6.45) is 2.29. The van der Waals surface area contributed by atoms with E-state index in [4.69, 9.17) is 0 Å². The maximum Gasteiger partial charge on any atom is 0.274 e. The first-order chi connectivity index (χ1) is 17.9. The number of rotatable bonds is 3. The molecule has 37 heavy (non-hydrogen) atoms. The Morgan fingerprint density at radius 3 is 2.46 bits per heavy atom. The van der Waals surface area contributed by atoms with E-state index in [1.165, 1.54) is 17.0 Å². The fourth-order valence-electron chi connectivity index (χ4n) is 4.52. The second-order valence-electron chi connectivity index (χ2n) is 9.28. The van der Waals surface area contributed by atoms with Crippen molar-refractivity contribution in [3.8, 4) is 11.4 Å². The lowest BCUT2D eigenvalue weighted by molar-refractivity contribution is -0.123. The highest BCUT2D eigenvalue weighted by Gasteiger charge is 2.24. The third kappa shape index (κ3) is 7.03. The average Bonchev–Trinajstić information content (AvgIpc) is 3.29. The predicted molar refractivity (Wildman–Crippen MR) is 138 cm³/mol. The molecule has 0 bridgehead atoms. The molecule has 1 aliphatic heterocycles. The molecule has 1 aromatic heterocycles. The molecule has 4 rings (SSSR count). The minimum Gasteiger partial charge on any atom is -0.356 e. The molecule has 194 valence electrons. The van der Waals surface area contributed by atoms with Crippen molar-refractivity contribution in [1.29, 1.82) is 0 Å². The minimum atomic E-state index is -0.377. The number of nitrogens with zero attached hydrogens (tertiary/aromatic N) is 2. The highest BCUT2D eigenvalue weighted by molar-refractivity contribution is 5.96. The van der Waals surface area contributed by atoms with Gasteiger partial charge in [-0.25, -0.2) is 9.37 Å². The van der Waals surface area contributed by atoms with Crippen LogP contribution in [0.15, 0.2) is 54.6 Å². The van der Waals surface area contributed by atoms with Gasteiger partial charge in [0.25, 0.3) is 5.91 Å². The van der Waals surface area contributed by atoms with Crippen molar-refractivity contribution in [3.05, 3.63) is 77.4 Å². The van der Waals surface area contributed by atoms with Gasteiger partial charge in [0.2, 0.25) is 11.8 Å². The second-order valence-corrected chi connectivity index (χ2v) is 9.28. The van der Waals surface area contributed by atoms with Gasteiger partial charge in [-0.3, -0.25) is 14.4 Å². The Morgan fingerprint density at radius 1 is 0.973 bits per heavy atom. The number of aromatic amines is 1. The Bertz CT molecular complexity index is 1230. The summed E-state index contributed by atoms with van der Waals surface area (Å²) in [5.41, 5.74) is 2.56. The van der Waals surface area contributed by atoms with Crippen molar-refractivity contribution < 1.29 is 18.8 Å². The Balaban J connectivity index is 1.47. The summed E-state index contributed by atoms with van der Waals surface area (Å²) in [6.45, 7) is 2.76. The molecule has 8 nitrogen and oxygen atoms in total. The Kier molecular flexibility index (Phi) is 8.66. The molecule has 0 radical (unpaired) electrons. The van der Waals surface area contributed by atoms with Crippen LogP contribution in [0.1, 0.15) is 53.3 Å². The summed E-state index contributed by atoms with van der Waals surface area (Å²) in [7, 11) is 0. The molecular weight excluding hydrogens is 473 g/mol. The van der Waals surface area contributed by atoms with E-state index in [0.717, 1.165) is 5.56 Å². The molecular formula is C28H32FN5O3. The first-order valence-electron chi connectivity index (χ1n) is 12.6. The summed E-state index contributed by atoms with van der Waals surface area (Å²) in [6, 6.07) is 15.8. The zero-order valence-corrected chi connectivity index (χ0v) is 20.9. The monoisotopic (exact) mass is 505 g/mol. The van der Waals surface area contributed by atoms with E-state index in [1.54, 1.807) is 19.1 Å². The van der Waals surface area contributed by atoms with Crippen LogP contribution in [0.2, 0.25) is 0 Å². The molecule has 2 aromatic carbocycles. The summed E-state index contributed by atoms with van der Waals surface area (Å²) in [5.74, 6) is -0.406. The molecule has 3 aromatic rings. The van der Waals surface area contributed by atoms with Crippen LogP contribution in [0.25, 0.3) is 11.4 Å². The van der Waals surface area contributed by atoms with Gasteiger partial charge in [0.15, 0.2) is 0 Å². The number of aryl methyl sites for hydroxylation is 1. The Hall–Kier alpha value is -4.01. The highest BCUT2D eigenvalue weighted by Crippen LogP contribution is 2.24. The largest absolute Gasteiger partial charge is 0.356 e. The quantitative estimate of drug-likeness (QED) is 0.506. The van der Waals surface area contributed by atoms with Crippen molar-refractivity contribution in [2.75, 3.05) is 26.2 Å². The van der Waals surface area contributed by atoms with Gasteiger partial charge in [-0.15, -0.1) is 0 Å². The lowest BCUT2D eigenvalue weighted by atomic mass is 9.91. The first kappa shape index (κ1) is 26.1. The summed E-state index contributed by atoms with van der Waals surface area (Å²) >= 11 is 0. The van der Waals surface area contributed by atoms with Crippen LogP contribution in [0.5, 0.6) is 0 Å². The van der Waals surface area contributed by atoms with Crippen LogP contribution < -0.4 is 10.6 Å². The third-order valence-electron chi connectivity index (χ3n) is 6.56. The predicted octanol–water partition coefficient (Wildman–Crippen LogP) is 3.56. The molecule has 0 aliphatic carbocycles. The maximum absolute atomic E-state index is 13.4. The van der Waals surface area contributed by atoms with Crippen molar-refractivity contribution in [1.82, 2.24) is 25.5 Å². The van der Waals surface area contributed by atoms with Gasteiger partial charge in [0.05, 0.1) is 6.54 Å². The molecule has 1 atom stereocenters. The summed E-state index contributed by atoms with van der Waals surface area (Å²) < 4.78 is 13.3. The average molecular weight is 506 g/mol. The van der Waals surface area contributed by atoms with E-state index < -0.39 is 0 Å². The second kappa shape index (κ2) is 12.3. The van der Waals surface area contributed by atoms with Crippen molar-refractivity contribution in [2.24, 2.45) is 0 Å². The van der Waals surface area contributed by atoms with Crippen LogP contribution >= 0.6 is 0 Å². The number of amides is 3. The summed E-state index contributed by atoms with van der Waals surface area (Å²) in [5, 5.41) is 5.87. The van der Waals surface area contributed by atoms with Gasteiger partial charge in [0.1, 0.15) is 17.3 Å². The SMILES string of the molecule is Cc1[nH]c(-c2ccc(F)cc2)nc1C(=O)N1CCCNC(=O)CCC(c2ccccc2)CCNC(=O)C1. The molecule has 1 saturated heterocycles. The lowest BCUT2D eigenvalue weighted by Gasteiger charge is -2.23. The molecule has 3 amide bonds. The fraction of sp³-hybridized carbons (Fsp3) is 0.357. The number of benzene rings is 2. The van der Waals surface area contributed by atoms with E-state index in [0.29, 0.717) is 55.9 Å². The summed E-state index contributed by atoms with van der Waals surface area (Å²) in [4.78, 5) is 47.6. The number of halogens is 1. The van der Waals surface area contributed by atoms with Crippen LogP contribution in [0.4, 0.5) is 4.39 Å². The van der Waals surface area contributed by atoms with Gasteiger partial charge >= 0.3 is 0 Å². The van der Waals surface area contributed by atoms with E-state index >= 15 is 0 Å². The topological polar surface area (TPSA) is 107 Å². The normalized spacial score (nSPS) is 18.0. The van der Waals surface area contributed by atoms with Gasteiger partial charge < -0.3 is 20.5 Å². The van der Waals surface area contributed by atoms with E-state index in [2.05, 4.69) is 20.6 Å². The van der Waals surface area contributed by atoms with Gasteiger partial charge in [-0.2, -0.15) is 0 Å². The van der Waals surface area contributed by atoms with E-state index in [9.17, 15) is 18.8 Å². The molecule has 2 heterocycles. The molecule has 0 spiro atoms. The van der Waals surface area contributed by atoms with Gasteiger partial charge in [-0.1, -0.05) is 30.3 Å². The standard InChI is InChI=1S/C28H32FN5O3/c1-19-26(33-27(32-19)22-8-11-23(29)12-9-22)28(37)34-17-5-15-30-24(35)13-10-21(14-16-31-25(36)18-34)20-6-3-2-4-7-20/h2-4,6-9,11-12,21H,5,10,13-18H2,1H3,(H,30,35)(H,31,36)(H,32,33). The number of nitrogens with one attached hydrogen (secondary N) is 3. The zero-order valence-electron chi connectivity index (χ0n) is 20.9. The molecule has 1 aliphatic rings. The number of aromatic nitrogens is 2. The van der Waals surface area contributed by atoms with Crippen molar-refractivity contribution >= 4 is 17.7 Å². The van der Waals surface area contributed by atoms with Crippen LogP contribution in [-0.4, -0.2) is 58.8 Å². The fourth-order valence-corrected chi connectivity index (χ4v) is 4.52. The number of carbonyl (C=O) groups is 3. The number of carbonyl (C=O) groups excluding carboxylic acids is 3. The number of hydrogen-bond acceptors (Lipinski definition) is 4. The smallest absolute Gasteiger partial charge is 0.274 e. The molecule has 3 N–H and O–H groups in total.